The average Bonchev–Trinajstić information content (AvgIpc) is 2.39. The fourth-order valence-electron chi connectivity index (χ4n) is 1.09. The first kappa shape index (κ1) is 19.6. The predicted molar refractivity (Wildman–Crippen MR) is 79.4 cm³/mol. The maximum Gasteiger partial charge on any atom is 0.347 e. The van der Waals surface area contributed by atoms with Crippen LogP contribution in [0.5, 0.6) is 0 Å². The Morgan fingerprint density at radius 3 is 2.15 bits per heavy atom. The van der Waals surface area contributed by atoms with Crippen LogP contribution in [0.3, 0.4) is 0 Å². The predicted octanol–water partition coefficient (Wildman–Crippen LogP) is 0.994. The highest BCUT2D eigenvalue weighted by Gasteiger charge is 2.19. The molecule has 2 N–H and O–H groups in total. The van der Waals surface area contributed by atoms with E-state index < -0.39 is 24.1 Å². The first-order valence-corrected chi connectivity index (χ1v) is 8.57. The SMILES string of the molecule is CSCCC(O)C(=O)OSCCC(O)C(=O)OC(C)C. The molecule has 0 aliphatic carbocycles. The lowest BCUT2D eigenvalue weighted by Gasteiger charge is -2.13. The molecule has 0 aromatic rings. The number of hydrogen-bond acceptors (Lipinski definition) is 8. The molecular weight excluding hydrogens is 304 g/mol. The van der Waals surface area contributed by atoms with Crippen molar-refractivity contribution in [2.45, 2.75) is 45.0 Å². The van der Waals surface area contributed by atoms with Crippen molar-refractivity contribution in [2.24, 2.45) is 0 Å². The van der Waals surface area contributed by atoms with Gasteiger partial charge in [0.1, 0.15) is 0 Å². The molecule has 0 radical (unpaired) electrons. The second-order valence-corrected chi connectivity index (χ2v) is 6.11. The van der Waals surface area contributed by atoms with E-state index in [2.05, 4.69) is 0 Å². The minimum atomic E-state index is -1.23. The zero-order valence-corrected chi connectivity index (χ0v) is 13.5. The average molecular weight is 326 g/mol. The number of carbonyl (C=O) groups excluding carboxylic acids is 2. The van der Waals surface area contributed by atoms with Gasteiger partial charge < -0.3 is 19.1 Å². The maximum atomic E-state index is 11.3. The molecule has 0 aromatic heterocycles. The van der Waals surface area contributed by atoms with Crippen LogP contribution in [0, 0.1) is 0 Å². The van der Waals surface area contributed by atoms with Crippen LogP contribution in [-0.4, -0.2) is 58.2 Å². The van der Waals surface area contributed by atoms with Crippen molar-refractivity contribution < 1.29 is 28.7 Å². The van der Waals surface area contributed by atoms with Crippen LogP contribution >= 0.6 is 23.8 Å². The maximum absolute atomic E-state index is 11.3. The van der Waals surface area contributed by atoms with Crippen LogP contribution < -0.4 is 0 Å². The number of aliphatic hydroxyl groups is 2. The van der Waals surface area contributed by atoms with Crippen LogP contribution in [-0.2, 0) is 18.5 Å². The molecule has 0 amide bonds. The van der Waals surface area contributed by atoms with Gasteiger partial charge in [-0.1, -0.05) is 0 Å². The number of thioether (sulfide) groups is 1. The highest BCUT2D eigenvalue weighted by Crippen LogP contribution is 2.11. The van der Waals surface area contributed by atoms with E-state index >= 15 is 0 Å². The molecule has 0 spiro atoms. The summed E-state index contributed by atoms with van der Waals surface area (Å²) < 4.78 is 9.59. The van der Waals surface area contributed by atoms with Gasteiger partial charge in [-0.3, -0.25) is 0 Å². The standard InChI is InChI=1S/C12H22O6S2/c1-8(2)17-11(15)9(13)5-7-20-18-12(16)10(14)4-6-19-3/h8-10,13-14H,4-7H2,1-3H3. The van der Waals surface area contributed by atoms with Gasteiger partial charge in [-0.15, -0.1) is 0 Å². The fraction of sp³-hybridized carbons (Fsp3) is 0.833. The van der Waals surface area contributed by atoms with Gasteiger partial charge in [0.2, 0.25) is 0 Å². The summed E-state index contributed by atoms with van der Waals surface area (Å²) in [5, 5.41) is 18.9. The van der Waals surface area contributed by atoms with Gasteiger partial charge in [-0.05, 0) is 38.7 Å². The molecule has 0 aliphatic rings. The number of aliphatic hydroxyl groups excluding tert-OH is 2. The molecule has 0 heterocycles. The van der Waals surface area contributed by atoms with Crippen LogP contribution in [0.1, 0.15) is 26.7 Å². The molecule has 0 aromatic carbocycles. The Morgan fingerprint density at radius 2 is 1.60 bits per heavy atom. The zero-order chi connectivity index (χ0) is 15.5. The van der Waals surface area contributed by atoms with Gasteiger partial charge in [-0.2, -0.15) is 11.8 Å². The molecule has 8 heteroatoms. The third-order valence-electron chi connectivity index (χ3n) is 2.11. The summed E-state index contributed by atoms with van der Waals surface area (Å²) in [6, 6.07) is 0. The number of ether oxygens (including phenoxy) is 1. The first-order valence-electron chi connectivity index (χ1n) is 6.27. The van der Waals surface area contributed by atoms with E-state index in [4.69, 9.17) is 8.92 Å². The second kappa shape index (κ2) is 11.2. The monoisotopic (exact) mass is 326 g/mol. The van der Waals surface area contributed by atoms with Crippen molar-refractivity contribution >= 4 is 35.7 Å². The van der Waals surface area contributed by atoms with E-state index in [9.17, 15) is 19.8 Å². The summed E-state index contributed by atoms with van der Waals surface area (Å²) in [6.45, 7) is 3.38. The van der Waals surface area contributed by atoms with Crippen molar-refractivity contribution in [3.63, 3.8) is 0 Å². The number of carbonyl (C=O) groups is 2. The smallest absolute Gasteiger partial charge is 0.347 e. The molecule has 0 fully saturated rings. The second-order valence-electron chi connectivity index (χ2n) is 4.31. The van der Waals surface area contributed by atoms with Gasteiger partial charge in [0.15, 0.2) is 12.2 Å². The quantitative estimate of drug-likeness (QED) is 0.349. The molecule has 0 aliphatic heterocycles. The van der Waals surface area contributed by atoms with E-state index in [1.165, 1.54) is 11.8 Å². The summed E-state index contributed by atoms with van der Waals surface area (Å²) in [7, 11) is 0. The third-order valence-corrected chi connectivity index (χ3v) is 3.44. The van der Waals surface area contributed by atoms with Crippen LogP contribution in [0.4, 0.5) is 0 Å². The minimum absolute atomic E-state index is 0.115. The van der Waals surface area contributed by atoms with E-state index in [1.54, 1.807) is 13.8 Å². The summed E-state index contributed by atoms with van der Waals surface area (Å²) in [6.07, 6.45) is -0.316. The number of esters is 1. The largest absolute Gasteiger partial charge is 0.461 e. The summed E-state index contributed by atoms with van der Waals surface area (Å²) in [4.78, 5) is 22.6. The van der Waals surface area contributed by atoms with Gasteiger partial charge in [0.25, 0.3) is 0 Å². The Bertz CT molecular complexity index is 298. The first-order chi connectivity index (χ1) is 9.38. The molecular formula is C12H22O6S2. The molecule has 0 bridgehead atoms. The zero-order valence-electron chi connectivity index (χ0n) is 11.9. The molecule has 118 valence electrons. The lowest BCUT2D eigenvalue weighted by atomic mass is 10.3. The summed E-state index contributed by atoms with van der Waals surface area (Å²) in [5.74, 6) is -0.481. The van der Waals surface area contributed by atoms with Gasteiger partial charge in [0, 0.05) is 5.75 Å². The molecule has 2 atom stereocenters. The van der Waals surface area contributed by atoms with Crippen molar-refractivity contribution in [1.82, 2.24) is 0 Å². The number of rotatable bonds is 10. The highest BCUT2D eigenvalue weighted by molar-refractivity contribution is 7.98. The molecule has 0 saturated carbocycles. The Hall–Kier alpha value is -0.440. The number of hydrogen-bond donors (Lipinski definition) is 2. The van der Waals surface area contributed by atoms with Crippen LogP contribution in [0.15, 0.2) is 0 Å². The molecule has 0 saturated heterocycles. The van der Waals surface area contributed by atoms with Crippen molar-refractivity contribution in [1.29, 1.82) is 0 Å². The molecule has 2 unspecified atom stereocenters. The third kappa shape index (κ3) is 9.46. The van der Waals surface area contributed by atoms with Crippen molar-refractivity contribution in [3.8, 4) is 0 Å². The Kier molecular flexibility index (Phi) is 11.0. The van der Waals surface area contributed by atoms with Crippen molar-refractivity contribution in [2.75, 3.05) is 17.8 Å². The lowest BCUT2D eigenvalue weighted by molar-refractivity contribution is -0.157. The Balaban J connectivity index is 3.74. The Labute approximate surface area is 127 Å². The highest BCUT2D eigenvalue weighted by atomic mass is 32.2. The Morgan fingerprint density at radius 1 is 1.05 bits per heavy atom. The van der Waals surface area contributed by atoms with E-state index in [0.29, 0.717) is 12.2 Å². The van der Waals surface area contributed by atoms with E-state index in [-0.39, 0.29) is 18.3 Å². The van der Waals surface area contributed by atoms with Gasteiger partial charge in [-0.25, -0.2) is 9.59 Å². The summed E-state index contributed by atoms with van der Waals surface area (Å²) in [5.41, 5.74) is 0. The minimum Gasteiger partial charge on any atom is -0.461 e. The van der Waals surface area contributed by atoms with Crippen molar-refractivity contribution in [3.05, 3.63) is 0 Å². The molecule has 20 heavy (non-hydrogen) atoms. The van der Waals surface area contributed by atoms with E-state index in [1.807, 2.05) is 6.26 Å². The molecule has 6 nitrogen and oxygen atoms in total. The fourth-order valence-corrected chi connectivity index (χ4v) is 2.18. The lowest BCUT2D eigenvalue weighted by Crippen LogP contribution is -2.26. The van der Waals surface area contributed by atoms with E-state index in [0.717, 1.165) is 12.0 Å². The van der Waals surface area contributed by atoms with Gasteiger partial charge >= 0.3 is 11.9 Å². The van der Waals surface area contributed by atoms with Gasteiger partial charge in [0.05, 0.1) is 18.1 Å². The summed E-state index contributed by atoms with van der Waals surface area (Å²) >= 11 is 2.33. The topological polar surface area (TPSA) is 93.1 Å². The van der Waals surface area contributed by atoms with Crippen LogP contribution in [0.2, 0.25) is 0 Å². The molecule has 0 rings (SSSR count). The normalized spacial score (nSPS) is 13.9. The van der Waals surface area contributed by atoms with Crippen LogP contribution in [0.25, 0.3) is 0 Å².